The predicted octanol–water partition coefficient (Wildman–Crippen LogP) is 3.33. The van der Waals surface area contributed by atoms with Crippen LogP contribution in [0.3, 0.4) is 0 Å². The average Bonchev–Trinajstić information content (AvgIpc) is 2.52. The minimum atomic E-state index is -0.654. The van der Waals surface area contributed by atoms with Gasteiger partial charge >= 0.3 is 0 Å². The molecule has 1 aliphatic heterocycles. The van der Waals surface area contributed by atoms with Crippen molar-refractivity contribution in [3.8, 4) is 5.75 Å². The Morgan fingerprint density at radius 2 is 1.96 bits per heavy atom. The zero-order valence-corrected chi connectivity index (χ0v) is 15.5. The number of nitrogens with one attached hydrogen (secondary N) is 2. The molecule has 1 amide bonds. The summed E-state index contributed by atoms with van der Waals surface area (Å²) in [4.78, 5) is 12.6. The zero-order valence-electron chi connectivity index (χ0n) is 13.1. The molecule has 0 radical (unpaired) electrons. The normalized spacial score (nSPS) is 14.9. The van der Waals surface area contributed by atoms with Crippen LogP contribution in [0.5, 0.6) is 5.75 Å². The van der Waals surface area contributed by atoms with Gasteiger partial charge in [-0.2, -0.15) is 0 Å². The highest BCUT2D eigenvalue weighted by Crippen LogP contribution is 2.25. The van der Waals surface area contributed by atoms with E-state index in [0.717, 1.165) is 23.1 Å². The quantitative estimate of drug-likeness (QED) is 0.766. The van der Waals surface area contributed by atoms with Crippen molar-refractivity contribution in [2.75, 3.05) is 19.6 Å². The van der Waals surface area contributed by atoms with Gasteiger partial charge in [0.1, 0.15) is 5.75 Å². The van der Waals surface area contributed by atoms with Gasteiger partial charge in [0.2, 0.25) is 6.10 Å². The van der Waals surface area contributed by atoms with Crippen LogP contribution in [0, 0.1) is 5.92 Å². The second kappa shape index (κ2) is 9.06. The predicted molar refractivity (Wildman–Crippen MR) is 101 cm³/mol. The lowest BCUT2D eigenvalue weighted by molar-refractivity contribution is -0.128. The van der Waals surface area contributed by atoms with Crippen molar-refractivity contribution in [2.24, 2.45) is 5.92 Å². The molecular weight excluding hydrogens is 392 g/mol. The lowest BCUT2D eigenvalue weighted by atomic mass is 10.0. The SMILES string of the molecule is Cl.O=C(NCC1CNC1)C(Oc1cccc(Br)c1)c1ccccc1. The highest BCUT2D eigenvalue weighted by molar-refractivity contribution is 9.10. The summed E-state index contributed by atoms with van der Waals surface area (Å²) in [5.74, 6) is 1.07. The number of hydrogen-bond donors (Lipinski definition) is 2. The number of carbonyl (C=O) groups excluding carboxylic acids is 1. The van der Waals surface area contributed by atoms with Crippen molar-refractivity contribution >= 4 is 34.2 Å². The van der Waals surface area contributed by atoms with E-state index < -0.39 is 6.10 Å². The van der Waals surface area contributed by atoms with E-state index in [-0.39, 0.29) is 18.3 Å². The molecule has 1 saturated heterocycles. The Morgan fingerprint density at radius 1 is 1.21 bits per heavy atom. The molecule has 1 unspecified atom stereocenters. The van der Waals surface area contributed by atoms with E-state index in [9.17, 15) is 4.79 Å². The van der Waals surface area contributed by atoms with Crippen LogP contribution in [-0.2, 0) is 4.79 Å². The lowest BCUT2D eigenvalue weighted by Gasteiger charge is -2.28. The van der Waals surface area contributed by atoms with E-state index in [1.807, 2.05) is 54.6 Å². The van der Waals surface area contributed by atoms with Crippen LogP contribution in [-0.4, -0.2) is 25.5 Å². The van der Waals surface area contributed by atoms with E-state index in [1.165, 1.54) is 0 Å². The second-order valence-electron chi connectivity index (χ2n) is 5.64. The molecule has 0 saturated carbocycles. The van der Waals surface area contributed by atoms with Gasteiger partial charge < -0.3 is 15.4 Å². The lowest BCUT2D eigenvalue weighted by Crippen LogP contribution is -2.49. The van der Waals surface area contributed by atoms with Crippen LogP contribution in [0.2, 0.25) is 0 Å². The van der Waals surface area contributed by atoms with Crippen LogP contribution < -0.4 is 15.4 Å². The Morgan fingerprint density at radius 3 is 2.58 bits per heavy atom. The molecule has 1 heterocycles. The summed E-state index contributed by atoms with van der Waals surface area (Å²) >= 11 is 3.42. The summed E-state index contributed by atoms with van der Waals surface area (Å²) in [6.07, 6.45) is -0.654. The monoisotopic (exact) mass is 410 g/mol. The van der Waals surface area contributed by atoms with E-state index in [2.05, 4.69) is 26.6 Å². The van der Waals surface area contributed by atoms with Gasteiger partial charge in [-0.1, -0.05) is 52.3 Å². The minimum Gasteiger partial charge on any atom is -0.476 e. The minimum absolute atomic E-state index is 0. The molecule has 0 bridgehead atoms. The molecule has 0 aliphatic carbocycles. The summed E-state index contributed by atoms with van der Waals surface area (Å²) in [6.45, 7) is 2.60. The van der Waals surface area contributed by atoms with Gasteiger partial charge in [-0.3, -0.25) is 4.79 Å². The van der Waals surface area contributed by atoms with Crippen molar-refractivity contribution in [1.82, 2.24) is 10.6 Å². The Labute approximate surface area is 156 Å². The van der Waals surface area contributed by atoms with Gasteiger partial charge in [0.05, 0.1) is 0 Å². The van der Waals surface area contributed by atoms with Gasteiger partial charge in [-0.05, 0) is 18.2 Å². The van der Waals surface area contributed by atoms with E-state index >= 15 is 0 Å². The molecule has 1 aliphatic rings. The molecule has 2 N–H and O–H groups in total. The van der Waals surface area contributed by atoms with Gasteiger partial charge in [0, 0.05) is 35.6 Å². The fourth-order valence-corrected chi connectivity index (χ4v) is 2.79. The molecule has 128 valence electrons. The number of ether oxygens (including phenoxy) is 1. The molecule has 3 rings (SSSR count). The molecule has 6 heteroatoms. The van der Waals surface area contributed by atoms with Crippen LogP contribution in [0.4, 0.5) is 0 Å². The third kappa shape index (κ3) is 4.97. The first-order valence-corrected chi connectivity index (χ1v) is 8.47. The highest BCUT2D eigenvalue weighted by atomic mass is 79.9. The maximum Gasteiger partial charge on any atom is 0.265 e. The Bertz CT molecular complexity index is 665. The number of halogens is 2. The molecule has 0 spiro atoms. The van der Waals surface area contributed by atoms with Crippen molar-refractivity contribution < 1.29 is 9.53 Å². The third-order valence-electron chi connectivity index (χ3n) is 3.82. The van der Waals surface area contributed by atoms with E-state index in [0.29, 0.717) is 18.2 Å². The first-order valence-electron chi connectivity index (χ1n) is 7.68. The number of carbonyl (C=O) groups is 1. The maximum atomic E-state index is 12.6. The molecule has 2 aromatic rings. The summed E-state index contributed by atoms with van der Waals surface area (Å²) in [6, 6.07) is 17.1. The number of amides is 1. The molecular formula is C18H20BrClN2O2. The maximum absolute atomic E-state index is 12.6. The Kier molecular flexibility index (Phi) is 7.09. The van der Waals surface area contributed by atoms with Gasteiger partial charge in [0.25, 0.3) is 5.91 Å². The smallest absolute Gasteiger partial charge is 0.265 e. The van der Waals surface area contributed by atoms with Crippen LogP contribution in [0.1, 0.15) is 11.7 Å². The molecule has 1 fully saturated rings. The highest BCUT2D eigenvalue weighted by Gasteiger charge is 2.24. The Balaban J connectivity index is 0.00000208. The van der Waals surface area contributed by atoms with Crippen LogP contribution >= 0.6 is 28.3 Å². The average molecular weight is 412 g/mol. The van der Waals surface area contributed by atoms with E-state index in [1.54, 1.807) is 0 Å². The number of benzene rings is 2. The van der Waals surface area contributed by atoms with Crippen molar-refractivity contribution in [3.63, 3.8) is 0 Å². The van der Waals surface area contributed by atoms with Crippen molar-refractivity contribution in [3.05, 3.63) is 64.6 Å². The van der Waals surface area contributed by atoms with Crippen LogP contribution in [0.15, 0.2) is 59.1 Å². The molecule has 24 heavy (non-hydrogen) atoms. The van der Waals surface area contributed by atoms with Crippen molar-refractivity contribution in [2.45, 2.75) is 6.10 Å². The van der Waals surface area contributed by atoms with Crippen molar-refractivity contribution in [1.29, 1.82) is 0 Å². The first kappa shape index (κ1) is 18.8. The molecule has 1 atom stereocenters. The number of rotatable bonds is 6. The zero-order chi connectivity index (χ0) is 16.1. The van der Waals surface area contributed by atoms with E-state index in [4.69, 9.17) is 4.74 Å². The summed E-state index contributed by atoms with van der Waals surface area (Å²) in [5.41, 5.74) is 0.844. The molecule has 4 nitrogen and oxygen atoms in total. The van der Waals surface area contributed by atoms with Crippen LogP contribution in [0.25, 0.3) is 0 Å². The second-order valence-corrected chi connectivity index (χ2v) is 6.55. The summed E-state index contributed by atoms with van der Waals surface area (Å²) < 4.78 is 6.89. The van der Waals surface area contributed by atoms with Gasteiger partial charge in [0.15, 0.2) is 0 Å². The largest absolute Gasteiger partial charge is 0.476 e. The summed E-state index contributed by atoms with van der Waals surface area (Å²) in [7, 11) is 0. The first-order chi connectivity index (χ1) is 11.2. The van der Waals surface area contributed by atoms with Gasteiger partial charge in [-0.25, -0.2) is 0 Å². The van der Waals surface area contributed by atoms with Gasteiger partial charge in [-0.15, -0.1) is 12.4 Å². The molecule has 2 aromatic carbocycles. The fraction of sp³-hybridized carbons (Fsp3) is 0.278. The topological polar surface area (TPSA) is 50.4 Å². The number of hydrogen-bond acceptors (Lipinski definition) is 3. The fourth-order valence-electron chi connectivity index (χ4n) is 2.41. The summed E-state index contributed by atoms with van der Waals surface area (Å²) in [5, 5.41) is 6.21. The standard InChI is InChI=1S/C18H19BrN2O2.ClH/c19-15-7-4-8-16(9-15)23-17(14-5-2-1-3-6-14)18(22)21-12-13-10-20-11-13;/h1-9,13,17,20H,10-12H2,(H,21,22);1H. The Hall–Kier alpha value is -1.56. The molecule has 0 aromatic heterocycles. The third-order valence-corrected chi connectivity index (χ3v) is 4.31.